The molecule has 0 aromatic heterocycles. The van der Waals surface area contributed by atoms with E-state index >= 15 is 0 Å². The summed E-state index contributed by atoms with van der Waals surface area (Å²) in [5.41, 5.74) is 0.0281. The monoisotopic (exact) mass is 225 g/mol. The first kappa shape index (κ1) is 14.5. The SMILES string of the molecule is CCCNC(=O)/C(C#N)=C\NC(CC)CO. The Balaban J connectivity index is 4.31. The van der Waals surface area contributed by atoms with E-state index in [0.29, 0.717) is 6.54 Å². The van der Waals surface area contributed by atoms with Crippen LogP contribution < -0.4 is 10.6 Å². The number of aliphatic hydroxyl groups is 1. The highest BCUT2D eigenvalue weighted by Crippen LogP contribution is 1.94. The minimum Gasteiger partial charge on any atom is -0.394 e. The van der Waals surface area contributed by atoms with Crippen molar-refractivity contribution in [2.24, 2.45) is 0 Å². The van der Waals surface area contributed by atoms with Crippen LogP contribution in [0.25, 0.3) is 0 Å². The zero-order chi connectivity index (χ0) is 12.4. The molecule has 0 spiro atoms. The minimum absolute atomic E-state index is 0.0255. The van der Waals surface area contributed by atoms with Gasteiger partial charge in [-0.05, 0) is 12.8 Å². The molecule has 90 valence electrons. The first-order chi connectivity index (χ1) is 7.69. The highest BCUT2D eigenvalue weighted by atomic mass is 16.3. The summed E-state index contributed by atoms with van der Waals surface area (Å²) in [6.45, 7) is 4.37. The Kier molecular flexibility index (Phi) is 7.90. The first-order valence-corrected chi connectivity index (χ1v) is 5.44. The van der Waals surface area contributed by atoms with E-state index in [0.717, 1.165) is 12.8 Å². The molecule has 0 rings (SSSR count). The van der Waals surface area contributed by atoms with Gasteiger partial charge in [0.25, 0.3) is 5.91 Å². The molecular formula is C11H19N3O2. The number of aliphatic hydroxyl groups excluding tert-OH is 1. The highest BCUT2D eigenvalue weighted by molar-refractivity contribution is 5.97. The standard InChI is InChI=1S/C11H19N3O2/c1-3-5-13-11(16)9(6-12)7-14-10(4-2)8-15/h7,10,14-15H,3-5,8H2,1-2H3,(H,13,16)/b9-7-. The Bertz CT molecular complexity index is 277. The van der Waals surface area contributed by atoms with Crippen molar-refractivity contribution in [3.63, 3.8) is 0 Å². The fraction of sp³-hybridized carbons (Fsp3) is 0.636. The van der Waals surface area contributed by atoms with E-state index < -0.39 is 0 Å². The maximum Gasteiger partial charge on any atom is 0.263 e. The minimum atomic E-state index is -0.385. The number of carbonyl (C=O) groups is 1. The third kappa shape index (κ3) is 5.37. The van der Waals surface area contributed by atoms with Crippen LogP contribution in [0.4, 0.5) is 0 Å². The summed E-state index contributed by atoms with van der Waals surface area (Å²) in [5.74, 6) is -0.385. The lowest BCUT2D eigenvalue weighted by molar-refractivity contribution is -0.117. The normalized spacial score (nSPS) is 12.8. The second kappa shape index (κ2) is 8.74. The fourth-order valence-corrected chi connectivity index (χ4v) is 0.983. The molecule has 5 nitrogen and oxygen atoms in total. The molecule has 1 unspecified atom stereocenters. The summed E-state index contributed by atoms with van der Waals surface area (Å²) in [4.78, 5) is 11.4. The second-order valence-corrected chi connectivity index (χ2v) is 3.38. The molecular weight excluding hydrogens is 206 g/mol. The zero-order valence-corrected chi connectivity index (χ0v) is 9.79. The second-order valence-electron chi connectivity index (χ2n) is 3.38. The van der Waals surface area contributed by atoms with Gasteiger partial charge in [0.2, 0.25) is 0 Å². The van der Waals surface area contributed by atoms with Gasteiger partial charge in [-0.15, -0.1) is 0 Å². The van der Waals surface area contributed by atoms with Crippen LogP contribution in [-0.2, 0) is 4.79 Å². The third-order valence-electron chi connectivity index (χ3n) is 2.08. The molecule has 0 fully saturated rings. The molecule has 1 atom stereocenters. The van der Waals surface area contributed by atoms with E-state index in [1.54, 1.807) is 0 Å². The number of amides is 1. The average Bonchev–Trinajstić information content (AvgIpc) is 2.32. The van der Waals surface area contributed by atoms with Gasteiger partial charge in [0.1, 0.15) is 11.6 Å². The number of rotatable bonds is 7. The Hall–Kier alpha value is -1.54. The van der Waals surface area contributed by atoms with E-state index in [1.165, 1.54) is 6.20 Å². The summed E-state index contributed by atoms with van der Waals surface area (Å²) in [5, 5.41) is 23.1. The van der Waals surface area contributed by atoms with Crippen molar-refractivity contribution in [2.75, 3.05) is 13.2 Å². The molecule has 16 heavy (non-hydrogen) atoms. The number of nitriles is 1. The van der Waals surface area contributed by atoms with Crippen LogP contribution in [-0.4, -0.2) is 30.2 Å². The molecule has 5 heteroatoms. The molecule has 0 aliphatic carbocycles. The predicted octanol–water partition coefficient (Wildman–Crippen LogP) is 0.281. The van der Waals surface area contributed by atoms with E-state index in [4.69, 9.17) is 10.4 Å². The van der Waals surface area contributed by atoms with Crippen molar-refractivity contribution in [2.45, 2.75) is 32.7 Å². The van der Waals surface area contributed by atoms with Gasteiger partial charge in [0.15, 0.2) is 0 Å². The highest BCUT2D eigenvalue weighted by Gasteiger charge is 2.08. The van der Waals surface area contributed by atoms with Crippen molar-refractivity contribution >= 4 is 5.91 Å². The molecule has 0 radical (unpaired) electrons. The van der Waals surface area contributed by atoms with Gasteiger partial charge in [0, 0.05) is 18.8 Å². The quantitative estimate of drug-likeness (QED) is 0.429. The molecule has 1 amide bonds. The Morgan fingerprint density at radius 3 is 2.69 bits per heavy atom. The van der Waals surface area contributed by atoms with Crippen molar-refractivity contribution in [1.82, 2.24) is 10.6 Å². The molecule has 0 aromatic carbocycles. The average molecular weight is 225 g/mol. The van der Waals surface area contributed by atoms with E-state index in [1.807, 2.05) is 19.9 Å². The van der Waals surface area contributed by atoms with Crippen LogP contribution in [0.2, 0.25) is 0 Å². The van der Waals surface area contributed by atoms with Gasteiger partial charge in [-0.1, -0.05) is 13.8 Å². The zero-order valence-electron chi connectivity index (χ0n) is 9.79. The van der Waals surface area contributed by atoms with Crippen molar-refractivity contribution < 1.29 is 9.90 Å². The number of hydrogen-bond acceptors (Lipinski definition) is 4. The largest absolute Gasteiger partial charge is 0.394 e. The lowest BCUT2D eigenvalue weighted by Crippen LogP contribution is -2.30. The van der Waals surface area contributed by atoms with Gasteiger partial charge in [-0.2, -0.15) is 5.26 Å². The molecule has 3 N–H and O–H groups in total. The fourth-order valence-electron chi connectivity index (χ4n) is 0.983. The van der Waals surface area contributed by atoms with Gasteiger partial charge in [-0.25, -0.2) is 0 Å². The van der Waals surface area contributed by atoms with E-state index in [9.17, 15) is 4.79 Å². The van der Waals surface area contributed by atoms with Gasteiger partial charge in [-0.3, -0.25) is 4.79 Å². The first-order valence-electron chi connectivity index (χ1n) is 5.44. The van der Waals surface area contributed by atoms with Gasteiger partial charge >= 0.3 is 0 Å². The van der Waals surface area contributed by atoms with Crippen LogP contribution in [0, 0.1) is 11.3 Å². The van der Waals surface area contributed by atoms with Crippen molar-refractivity contribution in [3.8, 4) is 6.07 Å². The van der Waals surface area contributed by atoms with Gasteiger partial charge < -0.3 is 15.7 Å². The smallest absolute Gasteiger partial charge is 0.263 e. The molecule has 0 aliphatic heterocycles. The maximum absolute atomic E-state index is 11.4. The summed E-state index contributed by atoms with van der Waals surface area (Å²) in [6, 6.07) is 1.70. The number of nitrogens with zero attached hydrogens (tertiary/aromatic N) is 1. The molecule has 0 aromatic rings. The lowest BCUT2D eigenvalue weighted by atomic mass is 10.2. The van der Waals surface area contributed by atoms with Crippen LogP contribution in [0.5, 0.6) is 0 Å². The lowest BCUT2D eigenvalue weighted by Gasteiger charge is -2.11. The van der Waals surface area contributed by atoms with E-state index in [2.05, 4.69) is 10.6 Å². The number of nitrogens with one attached hydrogen (secondary N) is 2. The Morgan fingerprint density at radius 1 is 1.56 bits per heavy atom. The van der Waals surface area contributed by atoms with Crippen molar-refractivity contribution in [1.29, 1.82) is 5.26 Å². The van der Waals surface area contributed by atoms with Crippen molar-refractivity contribution in [3.05, 3.63) is 11.8 Å². The van der Waals surface area contributed by atoms with Crippen LogP contribution in [0.1, 0.15) is 26.7 Å². The molecule has 0 saturated carbocycles. The predicted molar refractivity (Wildman–Crippen MR) is 61.3 cm³/mol. The van der Waals surface area contributed by atoms with Crippen LogP contribution in [0.15, 0.2) is 11.8 Å². The van der Waals surface area contributed by atoms with E-state index in [-0.39, 0.29) is 24.1 Å². The number of carbonyl (C=O) groups excluding carboxylic acids is 1. The van der Waals surface area contributed by atoms with Crippen LogP contribution in [0.3, 0.4) is 0 Å². The molecule has 0 bridgehead atoms. The topological polar surface area (TPSA) is 85.2 Å². The van der Waals surface area contributed by atoms with Gasteiger partial charge in [0.05, 0.1) is 6.61 Å². The Morgan fingerprint density at radius 2 is 2.25 bits per heavy atom. The molecule has 0 heterocycles. The third-order valence-corrected chi connectivity index (χ3v) is 2.08. The number of hydrogen-bond donors (Lipinski definition) is 3. The Labute approximate surface area is 96.1 Å². The summed E-state index contributed by atoms with van der Waals surface area (Å²) < 4.78 is 0. The summed E-state index contributed by atoms with van der Waals surface area (Å²) in [6.07, 6.45) is 2.91. The maximum atomic E-state index is 11.4. The van der Waals surface area contributed by atoms with Crippen LogP contribution >= 0.6 is 0 Å². The molecule has 0 aliphatic rings. The molecule has 0 saturated heterocycles. The summed E-state index contributed by atoms with van der Waals surface area (Å²) in [7, 11) is 0. The summed E-state index contributed by atoms with van der Waals surface area (Å²) >= 11 is 0.